The Balaban J connectivity index is 1.51. The summed E-state index contributed by atoms with van der Waals surface area (Å²) in [5.41, 5.74) is -0.173. The summed E-state index contributed by atoms with van der Waals surface area (Å²) in [5, 5.41) is 5.73. The van der Waals surface area contributed by atoms with E-state index in [9.17, 15) is 9.59 Å². The maximum atomic E-state index is 12.7. The Morgan fingerprint density at radius 1 is 1.14 bits per heavy atom. The van der Waals surface area contributed by atoms with Crippen molar-refractivity contribution in [3.05, 3.63) is 0 Å². The summed E-state index contributed by atoms with van der Waals surface area (Å²) in [6.45, 7) is 2.45. The van der Waals surface area contributed by atoms with Crippen molar-refractivity contribution < 1.29 is 14.3 Å². The summed E-state index contributed by atoms with van der Waals surface area (Å²) in [7, 11) is 1.61. The average molecular weight is 308 g/mol. The molecule has 4 bridgehead atoms. The zero-order valence-corrected chi connectivity index (χ0v) is 13.7. The van der Waals surface area contributed by atoms with Gasteiger partial charge in [0.1, 0.15) is 0 Å². The maximum Gasteiger partial charge on any atom is 0.239 e. The van der Waals surface area contributed by atoms with Crippen molar-refractivity contribution in [1.82, 2.24) is 10.6 Å². The van der Waals surface area contributed by atoms with Gasteiger partial charge < -0.3 is 15.4 Å². The number of hydrogen-bond donors (Lipinski definition) is 2. The van der Waals surface area contributed by atoms with Gasteiger partial charge in [0.05, 0.1) is 13.2 Å². The predicted octanol–water partition coefficient (Wildman–Crippen LogP) is 1.47. The van der Waals surface area contributed by atoms with Crippen LogP contribution in [0.5, 0.6) is 0 Å². The van der Waals surface area contributed by atoms with Crippen LogP contribution in [0.25, 0.3) is 0 Å². The second-order valence-corrected chi connectivity index (χ2v) is 7.80. The van der Waals surface area contributed by atoms with Crippen molar-refractivity contribution in [2.24, 2.45) is 23.2 Å². The summed E-state index contributed by atoms with van der Waals surface area (Å²) in [6, 6.07) is -0.0334. The quantitative estimate of drug-likeness (QED) is 0.781. The van der Waals surface area contributed by atoms with E-state index in [0.717, 1.165) is 37.0 Å². The van der Waals surface area contributed by atoms with Crippen LogP contribution in [-0.2, 0) is 14.3 Å². The molecule has 2 N–H and O–H groups in total. The minimum atomic E-state index is -0.173. The smallest absolute Gasteiger partial charge is 0.239 e. The van der Waals surface area contributed by atoms with E-state index in [1.54, 1.807) is 7.11 Å². The van der Waals surface area contributed by atoms with Crippen LogP contribution < -0.4 is 10.6 Å². The van der Waals surface area contributed by atoms with Crippen molar-refractivity contribution in [3.63, 3.8) is 0 Å². The van der Waals surface area contributed by atoms with E-state index in [1.165, 1.54) is 19.3 Å². The van der Waals surface area contributed by atoms with Gasteiger partial charge in [-0.1, -0.05) is 0 Å². The van der Waals surface area contributed by atoms with Gasteiger partial charge in [0.25, 0.3) is 0 Å². The lowest BCUT2D eigenvalue weighted by molar-refractivity contribution is -0.147. The lowest BCUT2D eigenvalue weighted by Crippen LogP contribution is -2.55. The Morgan fingerprint density at radius 2 is 1.68 bits per heavy atom. The third kappa shape index (κ3) is 3.14. The first-order valence-electron chi connectivity index (χ1n) is 8.57. The molecule has 0 spiro atoms. The number of ether oxygens (including phenoxy) is 1. The summed E-state index contributed by atoms with van der Waals surface area (Å²) in [5.74, 6) is 2.21. The molecule has 2 amide bonds. The molecule has 4 saturated carbocycles. The van der Waals surface area contributed by atoms with Crippen LogP contribution in [0.15, 0.2) is 0 Å². The number of nitrogens with one attached hydrogen (secondary N) is 2. The molecule has 0 radical (unpaired) electrons. The minimum Gasteiger partial charge on any atom is -0.383 e. The highest BCUT2D eigenvalue weighted by Crippen LogP contribution is 2.60. The van der Waals surface area contributed by atoms with E-state index < -0.39 is 0 Å². The first-order valence-corrected chi connectivity index (χ1v) is 8.57. The molecule has 4 rings (SSSR count). The van der Waals surface area contributed by atoms with Crippen LogP contribution in [0.1, 0.15) is 45.4 Å². The molecule has 0 aromatic heterocycles. The molecule has 0 aromatic rings. The third-order valence-electron chi connectivity index (χ3n) is 5.75. The Labute approximate surface area is 132 Å². The Hall–Kier alpha value is -1.10. The molecular weight excluding hydrogens is 280 g/mol. The van der Waals surface area contributed by atoms with E-state index in [4.69, 9.17) is 4.74 Å². The van der Waals surface area contributed by atoms with E-state index >= 15 is 0 Å². The molecule has 0 heterocycles. The van der Waals surface area contributed by atoms with E-state index in [1.807, 2.05) is 6.92 Å². The maximum absolute atomic E-state index is 12.7. The molecule has 4 fully saturated rings. The molecule has 22 heavy (non-hydrogen) atoms. The van der Waals surface area contributed by atoms with Crippen LogP contribution >= 0.6 is 0 Å². The molecule has 0 aromatic carbocycles. The fraction of sp³-hybridized carbons (Fsp3) is 0.882. The van der Waals surface area contributed by atoms with Gasteiger partial charge in [0.2, 0.25) is 11.8 Å². The fourth-order valence-corrected chi connectivity index (χ4v) is 5.35. The van der Waals surface area contributed by atoms with Crippen molar-refractivity contribution in [3.8, 4) is 0 Å². The summed E-state index contributed by atoms with van der Waals surface area (Å²) >= 11 is 0. The fourth-order valence-electron chi connectivity index (χ4n) is 5.35. The predicted molar refractivity (Wildman–Crippen MR) is 83.1 cm³/mol. The molecule has 1 unspecified atom stereocenters. The van der Waals surface area contributed by atoms with Gasteiger partial charge in [-0.2, -0.15) is 0 Å². The molecule has 4 aliphatic rings. The van der Waals surface area contributed by atoms with E-state index in [-0.39, 0.29) is 29.8 Å². The SMILES string of the molecule is COCC(C)NC(=O)CNC(=O)C12CC3CC(CC(C3)C1)C2. The molecule has 1 atom stereocenters. The van der Waals surface area contributed by atoms with Gasteiger partial charge >= 0.3 is 0 Å². The first-order chi connectivity index (χ1) is 10.5. The van der Waals surface area contributed by atoms with Gasteiger partial charge in [0.15, 0.2) is 0 Å². The van der Waals surface area contributed by atoms with Gasteiger partial charge in [-0.3, -0.25) is 9.59 Å². The van der Waals surface area contributed by atoms with Gasteiger partial charge in [-0.05, 0) is 63.2 Å². The lowest BCUT2D eigenvalue weighted by Gasteiger charge is -2.55. The highest BCUT2D eigenvalue weighted by molar-refractivity contribution is 5.88. The van der Waals surface area contributed by atoms with Crippen LogP contribution in [0.4, 0.5) is 0 Å². The summed E-state index contributed by atoms with van der Waals surface area (Å²) < 4.78 is 4.99. The van der Waals surface area contributed by atoms with Crippen LogP contribution in [0.3, 0.4) is 0 Å². The standard InChI is InChI=1S/C17H28N2O3/c1-11(10-22-2)19-15(20)9-18-16(21)17-6-12-3-13(7-17)5-14(4-12)8-17/h11-14H,3-10H2,1-2H3,(H,18,21)(H,19,20). The van der Waals surface area contributed by atoms with Gasteiger partial charge in [0, 0.05) is 18.6 Å². The number of carbonyl (C=O) groups excluding carboxylic acids is 2. The summed E-state index contributed by atoms with van der Waals surface area (Å²) in [4.78, 5) is 24.6. The second kappa shape index (κ2) is 6.19. The molecule has 0 saturated heterocycles. The Bertz CT molecular complexity index is 414. The summed E-state index contributed by atoms with van der Waals surface area (Å²) in [6.07, 6.45) is 7.07. The van der Waals surface area contributed by atoms with Crippen LogP contribution in [-0.4, -0.2) is 38.1 Å². The van der Waals surface area contributed by atoms with E-state index in [2.05, 4.69) is 10.6 Å². The number of amides is 2. The molecule has 124 valence electrons. The third-order valence-corrected chi connectivity index (χ3v) is 5.75. The highest BCUT2D eigenvalue weighted by Gasteiger charge is 2.54. The first kappa shape index (κ1) is 15.8. The number of carbonyl (C=O) groups is 2. The minimum absolute atomic E-state index is 0.0334. The van der Waals surface area contributed by atoms with Gasteiger partial charge in [-0.15, -0.1) is 0 Å². The largest absolute Gasteiger partial charge is 0.383 e. The normalized spacial score (nSPS) is 36.9. The van der Waals surface area contributed by atoms with Crippen molar-refractivity contribution in [1.29, 1.82) is 0 Å². The van der Waals surface area contributed by atoms with Crippen molar-refractivity contribution in [2.45, 2.75) is 51.5 Å². The van der Waals surface area contributed by atoms with E-state index in [0.29, 0.717) is 6.61 Å². The Kier molecular flexibility index (Phi) is 4.44. The van der Waals surface area contributed by atoms with Crippen LogP contribution in [0.2, 0.25) is 0 Å². The monoisotopic (exact) mass is 308 g/mol. The highest BCUT2D eigenvalue weighted by atomic mass is 16.5. The zero-order chi connectivity index (χ0) is 15.7. The molecule has 5 heteroatoms. The Morgan fingerprint density at radius 3 is 2.18 bits per heavy atom. The molecule has 4 aliphatic carbocycles. The second-order valence-electron chi connectivity index (χ2n) is 7.80. The van der Waals surface area contributed by atoms with Gasteiger partial charge in [-0.25, -0.2) is 0 Å². The molecule has 0 aliphatic heterocycles. The topological polar surface area (TPSA) is 67.4 Å². The lowest BCUT2D eigenvalue weighted by atomic mass is 9.49. The molecular formula is C17H28N2O3. The number of hydrogen-bond acceptors (Lipinski definition) is 3. The molecule has 5 nitrogen and oxygen atoms in total. The number of methoxy groups -OCH3 is 1. The van der Waals surface area contributed by atoms with Crippen molar-refractivity contribution in [2.75, 3.05) is 20.3 Å². The van der Waals surface area contributed by atoms with Crippen molar-refractivity contribution >= 4 is 11.8 Å². The number of rotatable bonds is 6. The van der Waals surface area contributed by atoms with Crippen LogP contribution in [0, 0.1) is 23.2 Å². The average Bonchev–Trinajstić information content (AvgIpc) is 2.43. The zero-order valence-electron chi connectivity index (χ0n) is 13.7.